The van der Waals surface area contributed by atoms with E-state index < -0.39 is 22.4 Å². The molecular formula is C20H24N6O6. The Hall–Kier alpha value is -3.96. The number of hydrazine groups is 1. The highest BCUT2D eigenvalue weighted by Crippen LogP contribution is 2.34. The summed E-state index contributed by atoms with van der Waals surface area (Å²) >= 11 is 0. The van der Waals surface area contributed by atoms with E-state index in [1.807, 2.05) is 0 Å². The summed E-state index contributed by atoms with van der Waals surface area (Å²) in [5.74, 6) is -0.750. The zero-order chi connectivity index (χ0) is 23.1. The molecule has 1 fully saturated rings. The molecular weight excluding hydrogens is 420 g/mol. The van der Waals surface area contributed by atoms with Crippen LogP contribution in [0.5, 0.6) is 5.75 Å². The Morgan fingerprint density at radius 3 is 2.69 bits per heavy atom. The molecule has 170 valence electrons. The standard InChI is InChI=1S/C20H24N6O6/c1-3-32-20(28)14-5-4-10-25(11-14)18-16(26(29)30)17(21-12-22-18)23-24-19(27)13-6-8-15(31-2)9-7-13/h6-9,12,14H,3-5,10-11H2,1-2H3,(H,24,27)(H,21,22,23). The van der Waals surface area contributed by atoms with E-state index in [2.05, 4.69) is 20.8 Å². The van der Waals surface area contributed by atoms with E-state index in [4.69, 9.17) is 9.47 Å². The van der Waals surface area contributed by atoms with Gasteiger partial charge in [0.1, 0.15) is 12.1 Å². The fourth-order valence-corrected chi connectivity index (χ4v) is 3.41. The van der Waals surface area contributed by atoms with Gasteiger partial charge in [-0.15, -0.1) is 0 Å². The highest BCUT2D eigenvalue weighted by atomic mass is 16.6. The van der Waals surface area contributed by atoms with Gasteiger partial charge in [0.2, 0.25) is 11.6 Å². The van der Waals surface area contributed by atoms with Gasteiger partial charge in [0, 0.05) is 18.7 Å². The van der Waals surface area contributed by atoms with Gasteiger partial charge in [-0.05, 0) is 44.0 Å². The fraction of sp³-hybridized carbons (Fsp3) is 0.400. The van der Waals surface area contributed by atoms with Crippen molar-refractivity contribution < 1.29 is 24.0 Å². The van der Waals surface area contributed by atoms with Gasteiger partial charge < -0.3 is 14.4 Å². The summed E-state index contributed by atoms with van der Waals surface area (Å²) in [7, 11) is 1.51. The molecule has 2 heterocycles. The monoisotopic (exact) mass is 444 g/mol. The molecule has 0 aliphatic carbocycles. The second-order valence-electron chi connectivity index (χ2n) is 7.00. The Labute approximate surface area is 184 Å². The molecule has 1 unspecified atom stereocenters. The number of rotatable bonds is 8. The van der Waals surface area contributed by atoms with Crippen molar-refractivity contribution in [1.82, 2.24) is 15.4 Å². The molecule has 0 radical (unpaired) electrons. The molecule has 32 heavy (non-hydrogen) atoms. The van der Waals surface area contributed by atoms with Crippen LogP contribution in [0.3, 0.4) is 0 Å². The number of carbonyl (C=O) groups is 2. The van der Waals surface area contributed by atoms with Gasteiger partial charge in [0.05, 0.1) is 24.6 Å². The summed E-state index contributed by atoms with van der Waals surface area (Å²) in [6, 6.07) is 6.35. The number of anilines is 2. The average molecular weight is 444 g/mol. The molecule has 1 amide bonds. The number of esters is 1. The van der Waals surface area contributed by atoms with Crippen LogP contribution in [0.25, 0.3) is 0 Å². The van der Waals surface area contributed by atoms with Gasteiger partial charge in [-0.3, -0.25) is 30.6 Å². The van der Waals surface area contributed by atoms with Gasteiger partial charge in [0.15, 0.2) is 0 Å². The number of nitrogens with zero attached hydrogens (tertiary/aromatic N) is 4. The van der Waals surface area contributed by atoms with Crippen LogP contribution in [0, 0.1) is 16.0 Å². The second-order valence-corrected chi connectivity index (χ2v) is 7.00. The molecule has 2 N–H and O–H groups in total. The van der Waals surface area contributed by atoms with E-state index in [0.29, 0.717) is 30.7 Å². The van der Waals surface area contributed by atoms with Crippen molar-refractivity contribution in [3.63, 3.8) is 0 Å². The lowest BCUT2D eigenvalue weighted by Gasteiger charge is -2.32. The van der Waals surface area contributed by atoms with Gasteiger partial charge in [0.25, 0.3) is 5.91 Å². The van der Waals surface area contributed by atoms with Gasteiger partial charge in [-0.2, -0.15) is 0 Å². The Balaban J connectivity index is 1.77. The third-order valence-electron chi connectivity index (χ3n) is 4.97. The van der Waals surface area contributed by atoms with Crippen LogP contribution in [0.1, 0.15) is 30.1 Å². The largest absolute Gasteiger partial charge is 0.497 e. The van der Waals surface area contributed by atoms with Crippen molar-refractivity contribution in [3.8, 4) is 5.75 Å². The molecule has 0 bridgehead atoms. The minimum atomic E-state index is -0.620. The Morgan fingerprint density at radius 2 is 2.03 bits per heavy atom. The van der Waals surface area contributed by atoms with E-state index in [1.54, 1.807) is 36.1 Å². The minimum absolute atomic E-state index is 0.0696. The molecule has 1 aromatic carbocycles. The van der Waals surface area contributed by atoms with E-state index in [9.17, 15) is 19.7 Å². The predicted octanol–water partition coefficient (Wildman–Crippen LogP) is 1.93. The molecule has 12 nitrogen and oxygen atoms in total. The lowest BCUT2D eigenvalue weighted by Crippen LogP contribution is -2.40. The summed E-state index contributed by atoms with van der Waals surface area (Å²) < 4.78 is 10.1. The van der Waals surface area contributed by atoms with Crippen LogP contribution >= 0.6 is 0 Å². The van der Waals surface area contributed by atoms with Crippen LogP contribution in [0.4, 0.5) is 17.3 Å². The topological polar surface area (TPSA) is 149 Å². The molecule has 0 saturated carbocycles. The number of benzene rings is 1. The van der Waals surface area contributed by atoms with Gasteiger partial charge in [-0.1, -0.05) is 0 Å². The smallest absolute Gasteiger partial charge is 0.355 e. The highest BCUT2D eigenvalue weighted by molar-refractivity contribution is 5.95. The van der Waals surface area contributed by atoms with E-state index >= 15 is 0 Å². The SMILES string of the molecule is CCOC(=O)C1CCCN(c2ncnc(NNC(=O)c3ccc(OC)cc3)c2[N+](=O)[O-])C1. The first-order chi connectivity index (χ1) is 15.4. The van der Waals surface area contributed by atoms with Crippen molar-refractivity contribution in [1.29, 1.82) is 0 Å². The average Bonchev–Trinajstić information content (AvgIpc) is 2.82. The molecule has 1 atom stereocenters. The summed E-state index contributed by atoms with van der Waals surface area (Å²) in [6.45, 7) is 2.73. The summed E-state index contributed by atoms with van der Waals surface area (Å²) in [5, 5.41) is 11.8. The number of carbonyl (C=O) groups excluding carboxylic acids is 2. The maximum absolute atomic E-state index is 12.4. The number of ether oxygens (including phenoxy) is 2. The first-order valence-corrected chi connectivity index (χ1v) is 10.1. The Bertz CT molecular complexity index is 983. The number of aromatic nitrogens is 2. The molecule has 1 saturated heterocycles. The molecule has 2 aromatic rings. The quantitative estimate of drug-likeness (QED) is 0.351. The minimum Gasteiger partial charge on any atom is -0.497 e. The van der Waals surface area contributed by atoms with Gasteiger partial charge in [-0.25, -0.2) is 9.97 Å². The van der Waals surface area contributed by atoms with Crippen LogP contribution in [-0.2, 0) is 9.53 Å². The third kappa shape index (κ3) is 5.20. The lowest BCUT2D eigenvalue weighted by molar-refractivity contribution is -0.383. The third-order valence-corrected chi connectivity index (χ3v) is 4.97. The molecule has 1 aromatic heterocycles. The number of hydrogen-bond donors (Lipinski definition) is 2. The zero-order valence-corrected chi connectivity index (χ0v) is 17.7. The normalized spacial score (nSPS) is 15.6. The van der Waals surface area contributed by atoms with Crippen LogP contribution in [0.15, 0.2) is 30.6 Å². The summed E-state index contributed by atoms with van der Waals surface area (Å²) in [5.41, 5.74) is 4.84. The number of amides is 1. The number of nitro groups is 1. The molecule has 12 heteroatoms. The van der Waals surface area contributed by atoms with Crippen molar-refractivity contribution in [2.24, 2.45) is 5.92 Å². The van der Waals surface area contributed by atoms with Crippen molar-refractivity contribution in [3.05, 3.63) is 46.3 Å². The van der Waals surface area contributed by atoms with Crippen LogP contribution < -0.4 is 20.5 Å². The first-order valence-electron chi connectivity index (χ1n) is 10.1. The van der Waals surface area contributed by atoms with Crippen LogP contribution in [-0.4, -0.2) is 53.6 Å². The molecule has 1 aliphatic rings. The van der Waals surface area contributed by atoms with Crippen molar-refractivity contribution in [2.75, 3.05) is 37.1 Å². The lowest BCUT2D eigenvalue weighted by atomic mass is 9.98. The van der Waals surface area contributed by atoms with E-state index in [1.165, 1.54) is 7.11 Å². The second kappa shape index (κ2) is 10.4. The first kappa shape index (κ1) is 22.7. The maximum Gasteiger partial charge on any atom is 0.355 e. The van der Waals surface area contributed by atoms with Gasteiger partial charge >= 0.3 is 11.7 Å². The molecule has 0 spiro atoms. The summed E-state index contributed by atoms with van der Waals surface area (Å²) in [4.78, 5) is 45.4. The summed E-state index contributed by atoms with van der Waals surface area (Å²) in [6.07, 6.45) is 2.46. The van der Waals surface area contributed by atoms with Crippen molar-refractivity contribution >= 4 is 29.2 Å². The zero-order valence-electron chi connectivity index (χ0n) is 17.7. The van der Waals surface area contributed by atoms with Crippen molar-refractivity contribution in [2.45, 2.75) is 19.8 Å². The van der Waals surface area contributed by atoms with Crippen LogP contribution in [0.2, 0.25) is 0 Å². The maximum atomic E-state index is 12.4. The number of hydrogen-bond acceptors (Lipinski definition) is 10. The highest BCUT2D eigenvalue weighted by Gasteiger charge is 2.33. The number of piperidine rings is 1. The Morgan fingerprint density at radius 1 is 1.28 bits per heavy atom. The predicted molar refractivity (Wildman–Crippen MR) is 114 cm³/mol. The fourth-order valence-electron chi connectivity index (χ4n) is 3.41. The number of methoxy groups -OCH3 is 1. The van der Waals surface area contributed by atoms with E-state index in [-0.39, 0.29) is 30.8 Å². The van der Waals surface area contributed by atoms with E-state index in [0.717, 1.165) is 6.33 Å². The number of nitrogens with one attached hydrogen (secondary N) is 2. The molecule has 3 rings (SSSR count). The Kier molecular flexibility index (Phi) is 7.37. The molecule has 1 aliphatic heterocycles.